The largest absolute Gasteiger partial charge is 0.490 e. The lowest BCUT2D eigenvalue weighted by Crippen LogP contribution is -2.21. The number of alkyl halides is 3. The monoisotopic (exact) mass is 407 g/mol. The van der Waals surface area contributed by atoms with Crippen molar-refractivity contribution in [3.05, 3.63) is 48.3 Å². The molecule has 0 saturated heterocycles. The number of hydrogen-bond donors (Lipinski definition) is 2. The van der Waals surface area contributed by atoms with E-state index in [1.54, 1.807) is 6.20 Å². The van der Waals surface area contributed by atoms with Gasteiger partial charge >= 0.3 is 12.1 Å². The lowest BCUT2D eigenvalue weighted by atomic mass is 10.1. The summed E-state index contributed by atoms with van der Waals surface area (Å²) in [5.74, 6) is -2.02. The van der Waals surface area contributed by atoms with E-state index >= 15 is 0 Å². The summed E-state index contributed by atoms with van der Waals surface area (Å²) in [7, 11) is 3.92. The van der Waals surface area contributed by atoms with Crippen LogP contribution in [0.4, 0.5) is 19.1 Å². The Morgan fingerprint density at radius 2 is 1.79 bits per heavy atom. The Bertz CT molecular complexity index is 957. The lowest BCUT2D eigenvalue weighted by molar-refractivity contribution is -0.192. The topological polar surface area (TPSA) is 95.0 Å². The van der Waals surface area contributed by atoms with Crippen molar-refractivity contribution in [2.45, 2.75) is 19.5 Å². The van der Waals surface area contributed by atoms with Gasteiger partial charge in [0.2, 0.25) is 5.95 Å². The molecule has 29 heavy (non-hydrogen) atoms. The van der Waals surface area contributed by atoms with Gasteiger partial charge in [0.15, 0.2) is 0 Å². The van der Waals surface area contributed by atoms with E-state index in [9.17, 15) is 13.2 Å². The number of carboxylic acids is 1. The number of aromatic amines is 1. The second kappa shape index (κ2) is 9.18. The quantitative estimate of drug-likeness (QED) is 0.683. The lowest BCUT2D eigenvalue weighted by Gasteiger charge is -2.13. The van der Waals surface area contributed by atoms with Gasteiger partial charge in [-0.3, -0.25) is 5.10 Å². The van der Waals surface area contributed by atoms with Crippen LogP contribution in [0.15, 0.2) is 42.6 Å². The van der Waals surface area contributed by atoms with E-state index in [4.69, 9.17) is 9.90 Å². The maximum Gasteiger partial charge on any atom is 0.490 e. The number of aromatic nitrogens is 4. The number of carbonyl (C=O) groups is 1. The summed E-state index contributed by atoms with van der Waals surface area (Å²) in [5.41, 5.74) is 5.15. The second-order valence-corrected chi connectivity index (χ2v) is 6.15. The summed E-state index contributed by atoms with van der Waals surface area (Å²) in [6.07, 6.45) is -2.44. The molecule has 0 saturated carbocycles. The fourth-order valence-electron chi connectivity index (χ4n) is 2.28. The minimum atomic E-state index is -5.08. The normalized spacial score (nSPS) is 10.8. The Kier molecular flexibility index (Phi) is 6.92. The van der Waals surface area contributed by atoms with E-state index in [1.807, 2.05) is 31.1 Å². The molecule has 0 radical (unpaired) electrons. The maximum absolute atomic E-state index is 10.6. The molecule has 0 atom stereocenters. The SMILES string of the molecule is CCc1cc(-c2cccc(-c3ccn[nH]3)c2)nc(N(C)C)n1.O=C(O)C(F)(F)F. The van der Waals surface area contributed by atoms with Crippen LogP contribution in [0.25, 0.3) is 22.5 Å². The number of carboxylic acid groups (broad SMARTS) is 1. The predicted octanol–water partition coefficient (Wildman–Crippen LogP) is 3.80. The third kappa shape index (κ3) is 6.03. The van der Waals surface area contributed by atoms with Crippen molar-refractivity contribution in [1.29, 1.82) is 0 Å². The Labute approximate surface area is 165 Å². The van der Waals surface area contributed by atoms with E-state index in [0.717, 1.165) is 40.6 Å². The van der Waals surface area contributed by atoms with Crippen LogP contribution < -0.4 is 4.90 Å². The Morgan fingerprint density at radius 3 is 2.31 bits per heavy atom. The van der Waals surface area contributed by atoms with Gasteiger partial charge in [0.1, 0.15) is 0 Å². The summed E-state index contributed by atoms with van der Waals surface area (Å²) >= 11 is 0. The first-order chi connectivity index (χ1) is 13.6. The van der Waals surface area contributed by atoms with E-state index in [-0.39, 0.29) is 0 Å². The summed E-state index contributed by atoms with van der Waals surface area (Å²) in [6, 6.07) is 12.3. The molecule has 0 unspecified atom stereocenters. The third-order valence-electron chi connectivity index (χ3n) is 3.74. The Hall–Kier alpha value is -3.43. The van der Waals surface area contributed by atoms with Gasteiger partial charge in [0.05, 0.1) is 11.4 Å². The minimum absolute atomic E-state index is 0.737. The van der Waals surface area contributed by atoms with Crippen LogP contribution in [0, 0.1) is 0 Å². The molecule has 0 bridgehead atoms. The molecule has 3 rings (SSSR count). The zero-order valence-corrected chi connectivity index (χ0v) is 16.0. The standard InChI is InChI=1S/C17H19N5.C2HF3O2/c1-4-14-11-16(20-17(19-14)22(2)3)13-7-5-6-12(10-13)15-8-9-18-21-15;3-2(4,5)1(6)7/h5-11H,4H2,1-3H3,(H,18,21);(H,6,7). The number of halogens is 3. The van der Waals surface area contributed by atoms with Crippen molar-refractivity contribution in [3.63, 3.8) is 0 Å². The fraction of sp³-hybridized carbons (Fsp3) is 0.263. The number of benzene rings is 1. The molecule has 1 aromatic carbocycles. The van der Waals surface area contributed by atoms with Crippen LogP contribution in [-0.2, 0) is 11.2 Å². The second-order valence-electron chi connectivity index (χ2n) is 6.15. The first kappa shape index (κ1) is 21.9. The van der Waals surface area contributed by atoms with E-state index in [1.165, 1.54) is 0 Å². The third-order valence-corrected chi connectivity index (χ3v) is 3.74. The highest BCUT2D eigenvalue weighted by atomic mass is 19.4. The number of aliphatic carboxylic acids is 1. The fourth-order valence-corrected chi connectivity index (χ4v) is 2.28. The van der Waals surface area contributed by atoms with E-state index < -0.39 is 12.1 Å². The van der Waals surface area contributed by atoms with Gasteiger partial charge in [-0.25, -0.2) is 14.8 Å². The summed E-state index contributed by atoms with van der Waals surface area (Å²) < 4.78 is 31.7. The van der Waals surface area contributed by atoms with E-state index in [0.29, 0.717) is 0 Å². The first-order valence-electron chi connectivity index (χ1n) is 8.57. The summed E-state index contributed by atoms with van der Waals surface area (Å²) in [6.45, 7) is 2.10. The van der Waals surface area contributed by atoms with Gasteiger partial charge < -0.3 is 10.0 Å². The van der Waals surface area contributed by atoms with Crippen LogP contribution in [-0.4, -0.2) is 51.5 Å². The highest BCUT2D eigenvalue weighted by Crippen LogP contribution is 2.25. The van der Waals surface area contributed by atoms with Crippen LogP contribution in [0.1, 0.15) is 12.6 Å². The smallest absolute Gasteiger partial charge is 0.475 e. The van der Waals surface area contributed by atoms with E-state index in [2.05, 4.69) is 51.4 Å². The van der Waals surface area contributed by atoms with Crippen molar-refractivity contribution in [1.82, 2.24) is 20.2 Å². The number of nitrogens with one attached hydrogen (secondary N) is 1. The van der Waals surface area contributed by atoms with Gasteiger partial charge in [-0.05, 0) is 24.6 Å². The molecule has 10 heteroatoms. The molecule has 2 aromatic heterocycles. The molecule has 7 nitrogen and oxygen atoms in total. The highest BCUT2D eigenvalue weighted by Gasteiger charge is 2.38. The molecule has 0 spiro atoms. The molecular weight excluding hydrogens is 387 g/mol. The highest BCUT2D eigenvalue weighted by molar-refractivity contribution is 5.73. The molecule has 154 valence electrons. The van der Waals surface area contributed by atoms with Crippen molar-refractivity contribution >= 4 is 11.9 Å². The van der Waals surface area contributed by atoms with Crippen molar-refractivity contribution in [3.8, 4) is 22.5 Å². The molecular formula is C19H20F3N5O2. The molecule has 3 aromatic rings. The molecule has 0 fully saturated rings. The zero-order chi connectivity index (χ0) is 21.6. The molecule has 0 aliphatic heterocycles. The van der Waals surface area contributed by atoms with Gasteiger partial charge in [0.25, 0.3) is 0 Å². The average Bonchev–Trinajstić information content (AvgIpc) is 3.22. The predicted molar refractivity (Wildman–Crippen MR) is 102 cm³/mol. The summed E-state index contributed by atoms with van der Waals surface area (Å²) in [4.78, 5) is 20.0. The van der Waals surface area contributed by atoms with Crippen LogP contribution in [0.3, 0.4) is 0 Å². The number of rotatable bonds is 4. The van der Waals surface area contributed by atoms with Crippen LogP contribution in [0.5, 0.6) is 0 Å². The van der Waals surface area contributed by atoms with Crippen molar-refractivity contribution in [2.24, 2.45) is 0 Å². The number of anilines is 1. The molecule has 2 heterocycles. The zero-order valence-electron chi connectivity index (χ0n) is 16.0. The Balaban J connectivity index is 0.000000370. The maximum atomic E-state index is 10.6. The van der Waals surface area contributed by atoms with Gasteiger partial charge in [-0.15, -0.1) is 0 Å². The molecule has 0 aliphatic carbocycles. The minimum Gasteiger partial charge on any atom is -0.475 e. The first-order valence-corrected chi connectivity index (χ1v) is 8.57. The van der Waals surface area contributed by atoms with Crippen molar-refractivity contribution < 1.29 is 23.1 Å². The van der Waals surface area contributed by atoms with Crippen molar-refractivity contribution in [2.75, 3.05) is 19.0 Å². The van der Waals surface area contributed by atoms with Crippen LogP contribution in [0.2, 0.25) is 0 Å². The van der Waals surface area contributed by atoms with Gasteiger partial charge in [-0.1, -0.05) is 25.1 Å². The Morgan fingerprint density at radius 1 is 1.14 bits per heavy atom. The van der Waals surface area contributed by atoms with Crippen LogP contribution >= 0.6 is 0 Å². The molecule has 0 amide bonds. The number of H-pyrrole nitrogens is 1. The number of aryl methyl sites for hydroxylation is 1. The molecule has 0 aliphatic rings. The average molecular weight is 407 g/mol. The number of nitrogens with zero attached hydrogens (tertiary/aromatic N) is 4. The van der Waals surface area contributed by atoms with Gasteiger partial charge in [0, 0.05) is 37.1 Å². The number of hydrogen-bond acceptors (Lipinski definition) is 5. The summed E-state index contributed by atoms with van der Waals surface area (Å²) in [5, 5.41) is 14.1. The molecule has 2 N–H and O–H groups in total. The van der Waals surface area contributed by atoms with Gasteiger partial charge in [-0.2, -0.15) is 18.3 Å².